The summed E-state index contributed by atoms with van der Waals surface area (Å²) in [6.07, 6.45) is 3.10. The molecule has 0 spiro atoms. The quantitative estimate of drug-likeness (QED) is 0.838. The first-order chi connectivity index (χ1) is 10.2. The first-order valence-corrected chi connectivity index (χ1v) is 7.38. The van der Waals surface area contributed by atoms with E-state index in [1.54, 1.807) is 0 Å². The van der Waals surface area contributed by atoms with E-state index in [0.717, 1.165) is 30.7 Å². The summed E-state index contributed by atoms with van der Waals surface area (Å²) in [6.45, 7) is 4.32. The van der Waals surface area contributed by atoms with E-state index in [4.69, 9.17) is 4.74 Å². The minimum absolute atomic E-state index is 0.426. The molecule has 0 N–H and O–H groups in total. The van der Waals surface area contributed by atoms with E-state index < -0.39 is 0 Å². The highest BCUT2D eigenvalue weighted by Crippen LogP contribution is 2.29. The van der Waals surface area contributed by atoms with Crippen LogP contribution in [0.1, 0.15) is 48.6 Å². The number of pyridine rings is 1. The molecule has 0 saturated heterocycles. The molecule has 0 amide bonds. The van der Waals surface area contributed by atoms with Crippen molar-refractivity contribution >= 4 is 0 Å². The Bertz CT molecular complexity index is 696. The molecule has 0 unspecified atom stereocenters. The lowest BCUT2D eigenvalue weighted by molar-refractivity contribution is 0.459. The Kier molecular flexibility index (Phi) is 3.62. The Labute approximate surface area is 125 Å². The highest BCUT2D eigenvalue weighted by atomic mass is 16.5. The van der Waals surface area contributed by atoms with Crippen molar-refractivity contribution in [2.75, 3.05) is 0 Å². The number of aryl methyl sites for hydroxylation is 2. The predicted molar refractivity (Wildman–Crippen MR) is 81.6 cm³/mol. The predicted octanol–water partition coefficient (Wildman–Crippen LogP) is 4.36. The second-order valence-corrected chi connectivity index (χ2v) is 5.74. The fourth-order valence-electron chi connectivity index (χ4n) is 2.64. The fraction of sp³-hybridized carbons (Fsp3) is 0.333. The maximum absolute atomic E-state index is 9.27. The van der Waals surface area contributed by atoms with E-state index in [0.29, 0.717) is 17.4 Å². The van der Waals surface area contributed by atoms with Gasteiger partial charge in [0.25, 0.3) is 0 Å². The molecular weight excluding hydrogens is 260 g/mol. The van der Waals surface area contributed by atoms with Gasteiger partial charge >= 0.3 is 0 Å². The summed E-state index contributed by atoms with van der Waals surface area (Å²) in [5, 5.41) is 9.27. The Morgan fingerprint density at radius 3 is 2.62 bits per heavy atom. The second-order valence-electron chi connectivity index (χ2n) is 5.74. The second kappa shape index (κ2) is 5.57. The van der Waals surface area contributed by atoms with E-state index in [9.17, 15) is 5.26 Å². The van der Waals surface area contributed by atoms with Crippen molar-refractivity contribution in [3.05, 3.63) is 52.7 Å². The van der Waals surface area contributed by atoms with Gasteiger partial charge in [-0.05, 0) is 54.5 Å². The largest absolute Gasteiger partial charge is 0.438 e. The van der Waals surface area contributed by atoms with Crippen LogP contribution in [0.25, 0.3) is 0 Å². The number of hydrogen-bond donors (Lipinski definition) is 0. The highest BCUT2D eigenvalue weighted by Gasteiger charge is 2.17. The van der Waals surface area contributed by atoms with Crippen LogP contribution >= 0.6 is 0 Å². The van der Waals surface area contributed by atoms with Crippen molar-refractivity contribution in [2.24, 2.45) is 0 Å². The van der Waals surface area contributed by atoms with Crippen molar-refractivity contribution in [3.8, 4) is 17.7 Å². The molecule has 1 aliphatic carbocycles. The molecule has 1 aliphatic rings. The molecule has 1 heterocycles. The Morgan fingerprint density at radius 1 is 1.19 bits per heavy atom. The van der Waals surface area contributed by atoms with Crippen LogP contribution in [0.5, 0.6) is 11.6 Å². The maximum Gasteiger partial charge on any atom is 0.237 e. The van der Waals surface area contributed by atoms with Crippen LogP contribution in [0.15, 0.2) is 30.3 Å². The standard InChI is InChI=1S/C18H18N2O/c1-12(2)13-6-8-16(9-7-13)21-18-15(11-19)10-14-4-3-5-17(14)20-18/h6-10,12H,3-5H2,1-2H3. The monoisotopic (exact) mass is 278 g/mol. The number of benzene rings is 1. The molecule has 0 atom stereocenters. The Morgan fingerprint density at radius 2 is 1.95 bits per heavy atom. The first-order valence-electron chi connectivity index (χ1n) is 7.38. The van der Waals surface area contributed by atoms with E-state index in [2.05, 4.69) is 37.0 Å². The maximum atomic E-state index is 9.27. The van der Waals surface area contributed by atoms with Crippen LogP contribution in [0.4, 0.5) is 0 Å². The van der Waals surface area contributed by atoms with Crippen molar-refractivity contribution in [1.29, 1.82) is 5.26 Å². The SMILES string of the molecule is CC(C)c1ccc(Oc2nc3c(cc2C#N)CCC3)cc1. The van der Waals surface area contributed by atoms with Gasteiger partial charge in [0.2, 0.25) is 5.88 Å². The average molecular weight is 278 g/mol. The third-order valence-corrected chi connectivity index (χ3v) is 3.90. The minimum Gasteiger partial charge on any atom is -0.438 e. The van der Waals surface area contributed by atoms with Gasteiger partial charge in [-0.25, -0.2) is 4.98 Å². The summed E-state index contributed by atoms with van der Waals surface area (Å²) in [5.74, 6) is 1.64. The molecule has 3 nitrogen and oxygen atoms in total. The number of nitrogens with zero attached hydrogens (tertiary/aromatic N) is 2. The normalized spacial score (nSPS) is 13.0. The molecule has 21 heavy (non-hydrogen) atoms. The third kappa shape index (κ3) is 2.75. The van der Waals surface area contributed by atoms with Gasteiger partial charge in [-0.1, -0.05) is 26.0 Å². The first kappa shape index (κ1) is 13.6. The average Bonchev–Trinajstić information content (AvgIpc) is 2.94. The molecule has 0 aliphatic heterocycles. The smallest absolute Gasteiger partial charge is 0.237 e. The van der Waals surface area contributed by atoms with Crippen LogP contribution in [-0.4, -0.2) is 4.98 Å². The Balaban J connectivity index is 1.89. The van der Waals surface area contributed by atoms with Gasteiger partial charge in [0, 0.05) is 5.69 Å². The zero-order valence-electron chi connectivity index (χ0n) is 12.4. The molecule has 1 aromatic carbocycles. The van der Waals surface area contributed by atoms with Crippen molar-refractivity contribution in [1.82, 2.24) is 4.98 Å². The number of nitriles is 1. The van der Waals surface area contributed by atoms with Crippen LogP contribution in [0.2, 0.25) is 0 Å². The molecule has 0 radical (unpaired) electrons. The fourth-order valence-corrected chi connectivity index (χ4v) is 2.64. The highest BCUT2D eigenvalue weighted by molar-refractivity contribution is 5.46. The molecule has 3 rings (SSSR count). The number of aromatic nitrogens is 1. The number of ether oxygens (including phenoxy) is 1. The lowest BCUT2D eigenvalue weighted by Gasteiger charge is -2.10. The summed E-state index contributed by atoms with van der Waals surface area (Å²) >= 11 is 0. The molecule has 1 aromatic heterocycles. The molecule has 0 fully saturated rings. The summed E-state index contributed by atoms with van der Waals surface area (Å²) < 4.78 is 5.83. The zero-order chi connectivity index (χ0) is 14.8. The van der Waals surface area contributed by atoms with Crippen LogP contribution in [-0.2, 0) is 12.8 Å². The topological polar surface area (TPSA) is 45.9 Å². The van der Waals surface area contributed by atoms with E-state index in [1.807, 2.05) is 18.2 Å². The number of rotatable bonds is 3. The van der Waals surface area contributed by atoms with Gasteiger partial charge in [-0.2, -0.15) is 5.26 Å². The summed E-state index contributed by atoms with van der Waals surface area (Å²) in [4.78, 5) is 4.53. The molecule has 3 heteroatoms. The van der Waals surface area contributed by atoms with Crippen molar-refractivity contribution < 1.29 is 4.74 Å². The molecular formula is C18H18N2O. The number of hydrogen-bond acceptors (Lipinski definition) is 3. The number of fused-ring (bicyclic) bond motifs is 1. The van der Waals surface area contributed by atoms with Crippen LogP contribution in [0, 0.1) is 11.3 Å². The lowest BCUT2D eigenvalue weighted by atomic mass is 10.0. The van der Waals surface area contributed by atoms with Gasteiger partial charge in [-0.15, -0.1) is 0 Å². The molecule has 106 valence electrons. The van der Waals surface area contributed by atoms with Crippen molar-refractivity contribution in [2.45, 2.75) is 39.0 Å². The van der Waals surface area contributed by atoms with Gasteiger partial charge in [0.15, 0.2) is 0 Å². The lowest BCUT2D eigenvalue weighted by Crippen LogP contribution is -1.97. The summed E-state index contributed by atoms with van der Waals surface area (Å²) in [6, 6.07) is 12.1. The van der Waals surface area contributed by atoms with Gasteiger partial charge in [0.05, 0.1) is 0 Å². The zero-order valence-corrected chi connectivity index (χ0v) is 12.4. The molecule has 0 bridgehead atoms. The summed E-state index contributed by atoms with van der Waals surface area (Å²) in [5.41, 5.74) is 4.05. The van der Waals surface area contributed by atoms with Crippen LogP contribution in [0.3, 0.4) is 0 Å². The summed E-state index contributed by atoms with van der Waals surface area (Å²) in [7, 11) is 0. The molecule has 2 aromatic rings. The van der Waals surface area contributed by atoms with Gasteiger partial charge in [-0.3, -0.25) is 0 Å². The van der Waals surface area contributed by atoms with Gasteiger partial charge in [0.1, 0.15) is 17.4 Å². The van der Waals surface area contributed by atoms with E-state index in [-0.39, 0.29) is 0 Å². The Hall–Kier alpha value is -2.34. The van der Waals surface area contributed by atoms with Crippen LogP contribution < -0.4 is 4.74 Å². The van der Waals surface area contributed by atoms with Gasteiger partial charge < -0.3 is 4.74 Å². The molecule has 0 saturated carbocycles. The third-order valence-electron chi connectivity index (χ3n) is 3.90. The van der Waals surface area contributed by atoms with E-state index in [1.165, 1.54) is 11.1 Å². The van der Waals surface area contributed by atoms with E-state index >= 15 is 0 Å². The minimum atomic E-state index is 0.426. The van der Waals surface area contributed by atoms with Crippen molar-refractivity contribution in [3.63, 3.8) is 0 Å².